The molecule has 2 amide bonds. The lowest BCUT2D eigenvalue weighted by Gasteiger charge is -2.09. The first kappa shape index (κ1) is 17.3. The van der Waals surface area contributed by atoms with Crippen molar-refractivity contribution in [3.8, 4) is 5.69 Å². The van der Waals surface area contributed by atoms with Crippen molar-refractivity contribution in [3.63, 3.8) is 0 Å². The number of aromatic nitrogens is 2. The molecule has 0 unspecified atom stereocenters. The fourth-order valence-corrected chi connectivity index (χ4v) is 2.53. The van der Waals surface area contributed by atoms with Gasteiger partial charge in [-0.25, -0.2) is 9.37 Å². The van der Waals surface area contributed by atoms with Crippen LogP contribution < -0.4 is 11.1 Å². The molecule has 0 aliphatic rings. The highest BCUT2D eigenvalue weighted by atomic mass is 19.1. The first-order valence-corrected chi connectivity index (χ1v) is 7.88. The van der Waals surface area contributed by atoms with Crippen LogP contribution in [0.1, 0.15) is 32.1 Å². The highest BCUT2D eigenvalue weighted by Gasteiger charge is 2.12. The predicted octanol–water partition coefficient (Wildman–Crippen LogP) is 2.98. The van der Waals surface area contributed by atoms with Gasteiger partial charge in [0, 0.05) is 28.2 Å². The Bertz CT molecular complexity index is 993. The van der Waals surface area contributed by atoms with Crippen LogP contribution >= 0.6 is 0 Å². The van der Waals surface area contributed by atoms with E-state index in [0.29, 0.717) is 5.69 Å². The number of anilines is 1. The van der Waals surface area contributed by atoms with Crippen molar-refractivity contribution in [1.29, 1.82) is 0 Å². The van der Waals surface area contributed by atoms with Gasteiger partial charge in [0.05, 0.1) is 12.0 Å². The lowest BCUT2D eigenvalue weighted by Crippen LogP contribution is -2.16. The highest BCUT2D eigenvalue weighted by Crippen LogP contribution is 2.18. The van der Waals surface area contributed by atoms with Crippen LogP contribution in [0.5, 0.6) is 0 Å². The minimum Gasteiger partial charge on any atom is -0.366 e. The molecule has 26 heavy (non-hydrogen) atoms. The van der Waals surface area contributed by atoms with E-state index in [-0.39, 0.29) is 11.1 Å². The molecule has 2 aromatic carbocycles. The molecule has 3 aromatic rings. The summed E-state index contributed by atoms with van der Waals surface area (Å²) in [6.45, 7) is 3.90. The summed E-state index contributed by atoms with van der Waals surface area (Å²) in [5.74, 6) is -2.03. The number of halogens is 1. The summed E-state index contributed by atoms with van der Waals surface area (Å²) in [5.41, 5.74) is 8.52. The van der Waals surface area contributed by atoms with E-state index in [4.69, 9.17) is 5.73 Å². The molecule has 3 N–H and O–H groups in total. The number of imidazole rings is 1. The van der Waals surface area contributed by atoms with Gasteiger partial charge in [-0.05, 0) is 56.3 Å². The van der Waals surface area contributed by atoms with Gasteiger partial charge < -0.3 is 15.6 Å². The van der Waals surface area contributed by atoms with E-state index < -0.39 is 17.6 Å². The van der Waals surface area contributed by atoms with E-state index >= 15 is 0 Å². The van der Waals surface area contributed by atoms with E-state index in [1.54, 1.807) is 18.5 Å². The summed E-state index contributed by atoms with van der Waals surface area (Å²) >= 11 is 0. The molecule has 6 nitrogen and oxygen atoms in total. The Kier molecular flexibility index (Phi) is 4.53. The summed E-state index contributed by atoms with van der Waals surface area (Å²) < 4.78 is 15.5. The van der Waals surface area contributed by atoms with E-state index in [9.17, 15) is 14.0 Å². The quantitative estimate of drug-likeness (QED) is 0.756. The number of hydrogen-bond donors (Lipinski definition) is 2. The maximum absolute atomic E-state index is 13.6. The number of nitrogens with two attached hydrogens (primary N) is 1. The second kappa shape index (κ2) is 6.79. The second-order valence-electron chi connectivity index (χ2n) is 5.88. The fraction of sp³-hybridized carbons (Fsp3) is 0.105. The van der Waals surface area contributed by atoms with Gasteiger partial charge in [0.1, 0.15) is 5.82 Å². The summed E-state index contributed by atoms with van der Waals surface area (Å²) in [6.07, 6.45) is 1.73. The molecule has 0 aliphatic carbocycles. The summed E-state index contributed by atoms with van der Waals surface area (Å²) in [5, 5.41) is 2.67. The third-order valence-electron chi connectivity index (χ3n) is 4.10. The van der Waals surface area contributed by atoms with Crippen LogP contribution in [0, 0.1) is 19.7 Å². The smallest absolute Gasteiger partial charge is 0.255 e. The van der Waals surface area contributed by atoms with Gasteiger partial charge in [0.15, 0.2) is 0 Å². The van der Waals surface area contributed by atoms with Gasteiger partial charge >= 0.3 is 0 Å². The van der Waals surface area contributed by atoms with E-state index in [0.717, 1.165) is 29.2 Å². The van der Waals surface area contributed by atoms with Crippen molar-refractivity contribution < 1.29 is 14.0 Å². The van der Waals surface area contributed by atoms with Crippen LogP contribution in [0.25, 0.3) is 5.69 Å². The van der Waals surface area contributed by atoms with Crippen LogP contribution in [-0.4, -0.2) is 21.4 Å². The number of amides is 2. The first-order chi connectivity index (χ1) is 12.3. The Morgan fingerprint density at radius 2 is 1.73 bits per heavy atom. The number of primary amides is 1. The Morgan fingerprint density at radius 1 is 1.08 bits per heavy atom. The number of carbonyl (C=O) groups is 2. The van der Waals surface area contributed by atoms with Gasteiger partial charge in [-0.2, -0.15) is 0 Å². The molecule has 0 atom stereocenters. The van der Waals surface area contributed by atoms with Crippen molar-refractivity contribution in [2.75, 3.05) is 5.32 Å². The van der Waals surface area contributed by atoms with E-state index in [1.165, 1.54) is 6.07 Å². The summed E-state index contributed by atoms with van der Waals surface area (Å²) in [6, 6.07) is 10.4. The van der Waals surface area contributed by atoms with Gasteiger partial charge in [0.25, 0.3) is 5.91 Å². The highest BCUT2D eigenvalue weighted by molar-refractivity contribution is 6.06. The number of nitrogens with one attached hydrogen (secondary N) is 1. The van der Waals surface area contributed by atoms with Gasteiger partial charge in [0.2, 0.25) is 5.91 Å². The van der Waals surface area contributed by atoms with Crippen LogP contribution in [0.15, 0.2) is 48.8 Å². The van der Waals surface area contributed by atoms with Crippen LogP contribution in [0.3, 0.4) is 0 Å². The Hall–Kier alpha value is -3.48. The van der Waals surface area contributed by atoms with Crippen molar-refractivity contribution in [1.82, 2.24) is 9.55 Å². The average molecular weight is 352 g/mol. The largest absolute Gasteiger partial charge is 0.366 e. The third-order valence-corrected chi connectivity index (χ3v) is 4.10. The molecule has 0 radical (unpaired) electrons. The molecular weight excluding hydrogens is 335 g/mol. The molecule has 0 fully saturated rings. The minimum atomic E-state index is -0.797. The molecule has 7 heteroatoms. The Morgan fingerprint density at radius 3 is 2.31 bits per heavy atom. The first-order valence-electron chi connectivity index (χ1n) is 7.88. The molecule has 132 valence electrons. The van der Waals surface area contributed by atoms with Gasteiger partial charge in [-0.1, -0.05) is 0 Å². The number of carbonyl (C=O) groups excluding carboxylic acids is 2. The lowest BCUT2D eigenvalue weighted by atomic mass is 10.1. The monoisotopic (exact) mass is 352 g/mol. The average Bonchev–Trinajstić information content (AvgIpc) is 2.94. The zero-order chi connectivity index (χ0) is 18.8. The molecule has 0 bridgehead atoms. The maximum atomic E-state index is 13.6. The van der Waals surface area contributed by atoms with Gasteiger partial charge in [-0.15, -0.1) is 0 Å². The second-order valence-corrected chi connectivity index (χ2v) is 5.88. The van der Waals surface area contributed by atoms with Crippen molar-refractivity contribution in [2.45, 2.75) is 13.8 Å². The SMILES string of the molecule is Cc1ncn(-c2ccc(NC(=O)c3cc(F)cc(C(N)=O)c3)cc2)c1C. The zero-order valence-corrected chi connectivity index (χ0v) is 14.3. The van der Waals surface area contributed by atoms with Crippen molar-refractivity contribution in [3.05, 3.63) is 77.1 Å². The van der Waals surface area contributed by atoms with Crippen LogP contribution in [0.2, 0.25) is 0 Å². The van der Waals surface area contributed by atoms with E-state index in [1.807, 2.05) is 30.5 Å². The predicted molar refractivity (Wildman–Crippen MR) is 95.9 cm³/mol. The molecule has 0 saturated heterocycles. The summed E-state index contributed by atoms with van der Waals surface area (Å²) in [7, 11) is 0. The fourth-order valence-electron chi connectivity index (χ4n) is 2.53. The van der Waals surface area contributed by atoms with Gasteiger partial charge in [-0.3, -0.25) is 9.59 Å². The number of benzene rings is 2. The molecule has 0 aliphatic heterocycles. The number of aryl methyl sites for hydroxylation is 1. The Balaban J connectivity index is 1.80. The number of rotatable bonds is 4. The molecule has 0 saturated carbocycles. The third kappa shape index (κ3) is 3.46. The normalized spacial score (nSPS) is 10.6. The minimum absolute atomic E-state index is 0.0176. The Labute approximate surface area is 149 Å². The number of nitrogens with zero attached hydrogens (tertiary/aromatic N) is 2. The maximum Gasteiger partial charge on any atom is 0.255 e. The molecule has 3 rings (SSSR count). The van der Waals surface area contributed by atoms with Crippen molar-refractivity contribution >= 4 is 17.5 Å². The standard InChI is InChI=1S/C19H17FN4O2/c1-11-12(2)24(10-22-11)17-5-3-16(4-6-17)23-19(26)14-7-13(18(21)25)8-15(20)9-14/h3-10H,1-2H3,(H2,21,25)(H,23,26). The summed E-state index contributed by atoms with van der Waals surface area (Å²) in [4.78, 5) is 27.8. The van der Waals surface area contributed by atoms with Crippen molar-refractivity contribution in [2.24, 2.45) is 5.73 Å². The molecule has 0 spiro atoms. The topological polar surface area (TPSA) is 90.0 Å². The zero-order valence-electron chi connectivity index (χ0n) is 14.3. The number of hydrogen-bond acceptors (Lipinski definition) is 3. The molecule has 1 heterocycles. The molecule has 1 aromatic heterocycles. The molecular formula is C19H17FN4O2. The van der Waals surface area contributed by atoms with Crippen LogP contribution in [-0.2, 0) is 0 Å². The van der Waals surface area contributed by atoms with E-state index in [2.05, 4.69) is 10.3 Å². The van der Waals surface area contributed by atoms with Crippen LogP contribution in [0.4, 0.5) is 10.1 Å². The lowest BCUT2D eigenvalue weighted by molar-refractivity contribution is 0.1000.